The molecule has 3 aromatic rings. The summed E-state index contributed by atoms with van der Waals surface area (Å²) >= 11 is 0. The van der Waals surface area contributed by atoms with Crippen LogP contribution in [0.1, 0.15) is 85.7 Å². The highest BCUT2D eigenvalue weighted by atomic mass is 16.6. The van der Waals surface area contributed by atoms with E-state index in [4.69, 9.17) is 4.74 Å². The smallest absolute Gasteiger partial charge is 0.410 e. The van der Waals surface area contributed by atoms with E-state index in [-0.39, 0.29) is 19.1 Å². The van der Waals surface area contributed by atoms with Crippen molar-refractivity contribution in [3.05, 3.63) is 47.5 Å². The lowest BCUT2D eigenvalue weighted by Gasteiger charge is -2.32. The van der Waals surface area contributed by atoms with Crippen molar-refractivity contribution in [3.8, 4) is 11.5 Å². The first-order valence-electron chi connectivity index (χ1n) is 12.8. The van der Waals surface area contributed by atoms with Crippen molar-refractivity contribution < 1.29 is 9.53 Å². The van der Waals surface area contributed by atoms with Crippen LogP contribution in [-0.2, 0) is 11.2 Å². The molecule has 7 heteroatoms. The highest BCUT2D eigenvalue weighted by molar-refractivity contribution is 5.68. The van der Waals surface area contributed by atoms with Gasteiger partial charge in [-0.15, -0.1) is 0 Å². The van der Waals surface area contributed by atoms with Crippen LogP contribution in [0.25, 0.3) is 17.2 Å². The van der Waals surface area contributed by atoms with Crippen LogP contribution >= 0.6 is 0 Å². The molecule has 1 amide bonds. The maximum Gasteiger partial charge on any atom is 0.410 e. The van der Waals surface area contributed by atoms with E-state index in [9.17, 15) is 4.79 Å². The summed E-state index contributed by atoms with van der Waals surface area (Å²) in [5, 5.41) is 0. The van der Waals surface area contributed by atoms with Gasteiger partial charge in [0, 0.05) is 30.7 Å². The van der Waals surface area contributed by atoms with Gasteiger partial charge < -0.3 is 9.64 Å². The van der Waals surface area contributed by atoms with Crippen LogP contribution in [0.4, 0.5) is 4.79 Å². The number of aromatic nitrogens is 4. The summed E-state index contributed by atoms with van der Waals surface area (Å²) in [6.45, 7) is 19.7. The average Bonchev–Trinajstić information content (AvgIpc) is 3.22. The summed E-state index contributed by atoms with van der Waals surface area (Å²) in [7, 11) is 0. The molecule has 1 aliphatic rings. The van der Waals surface area contributed by atoms with Crippen LogP contribution in [0.5, 0.6) is 0 Å². The minimum Gasteiger partial charge on any atom is -0.444 e. The van der Waals surface area contributed by atoms with Gasteiger partial charge in [0.2, 0.25) is 0 Å². The molecule has 4 heterocycles. The fourth-order valence-corrected chi connectivity index (χ4v) is 3.86. The normalized spacial score (nSPS) is 15.1. The second-order valence-electron chi connectivity index (χ2n) is 9.93. The molecule has 0 radical (unpaired) electrons. The van der Waals surface area contributed by atoms with Gasteiger partial charge >= 0.3 is 6.09 Å². The number of fused-ring (bicyclic) bond motifs is 1. The molecule has 1 saturated heterocycles. The molecule has 1 atom stereocenters. The van der Waals surface area contributed by atoms with Crippen molar-refractivity contribution in [2.45, 2.75) is 94.6 Å². The van der Waals surface area contributed by atoms with E-state index in [2.05, 4.69) is 48.0 Å². The summed E-state index contributed by atoms with van der Waals surface area (Å²) in [4.78, 5) is 27.0. The lowest BCUT2D eigenvalue weighted by molar-refractivity contribution is 0.0174. The summed E-state index contributed by atoms with van der Waals surface area (Å²) in [6.07, 6.45) is 6.97. The molecule has 0 aromatic carbocycles. The molecule has 0 bridgehead atoms. The van der Waals surface area contributed by atoms with Gasteiger partial charge in [0.1, 0.15) is 16.9 Å². The number of rotatable bonds is 2. The molecular weight excluding hydrogens is 450 g/mol. The third-order valence-corrected chi connectivity index (χ3v) is 5.46. The number of pyridine rings is 1. The van der Waals surface area contributed by atoms with Gasteiger partial charge in [-0.2, -0.15) is 0 Å². The number of aryl methyl sites for hydroxylation is 3. The first-order chi connectivity index (χ1) is 16.6. The van der Waals surface area contributed by atoms with Gasteiger partial charge in [-0.1, -0.05) is 41.2 Å². The van der Waals surface area contributed by atoms with E-state index >= 15 is 0 Å². The number of nitrogens with zero attached hydrogens (tertiary/aromatic N) is 5. The Morgan fingerprint density at radius 1 is 1.17 bits per heavy atom. The lowest BCUT2D eigenvalue weighted by Crippen LogP contribution is -2.42. The van der Waals surface area contributed by atoms with Crippen LogP contribution in [0, 0.1) is 19.8 Å². The largest absolute Gasteiger partial charge is 0.444 e. The molecular formula is C29H47N5O2. The van der Waals surface area contributed by atoms with Crippen LogP contribution < -0.4 is 0 Å². The Morgan fingerprint density at radius 3 is 2.47 bits per heavy atom. The second kappa shape index (κ2) is 14.0. The molecule has 1 aliphatic heterocycles. The summed E-state index contributed by atoms with van der Waals surface area (Å²) in [5.74, 6) is 1.35. The van der Waals surface area contributed by atoms with Crippen molar-refractivity contribution in [3.63, 3.8) is 0 Å². The Morgan fingerprint density at radius 2 is 1.86 bits per heavy atom. The fourth-order valence-electron chi connectivity index (χ4n) is 3.86. The van der Waals surface area contributed by atoms with Gasteiger partial charge in [-0.25, -0.2) is 19.7 Å². The molecule has 0 spiro atoms. The number of piperidine rings is 1. The second-order valence-corrected chi connectivity index (χ2v) is 9.93. The summed E-state index contributed by atoms with van der Waals surface area (Å²) in [6, 6.07) is 6.09. The molecule has 1 fully saturated rings. The number of imidazole rings is 1. The Balaban J connectivity index is 0.000000342. The van der Waals surface area contributed by atoms with E-state index in [1.54, 1.807) is 0 Å². The first kappa shape index (κ1) is 31.1. The predicted molar refractivity (Wildman–Crippen MR) is 149 cm³/mol. The molecule has 0 unspecified atom stereocenters. The highest BCUT2D eigenvalue weighted by Gasteiger charge is 2.25. The first-order valence-corrected chi connectivity index (χ1v) is 12.8. The number of ether oxygens (including phenoxy) is 1. The maximum atomic E-state index is 11.7. The molecule has 0 aliphatic carbocycles. The molecule has 0 N–H and O–H groups in total. The molecule has 0 saturated carbocycles. The lowest BCUT2D eigenvalue weighted by atomic mass is 10.0. The number of hydrogen-bond acceptors (Lipinski definition) is 5. The molecule has 200 valence electrons. The van der Waals surface area contributed by atoms with E-state index in [0.29, 0.717) is 5.92 Å². The topological polar surface area (TPSA) is 72.6 Å². The van der Waals surface area contributed by atoms with E-state index in [1.165, 1.54) is 12.0 Å². The van der Waals surface area contributed by atoms with Crippen molar-refractivity contribution >= 4 is 11.7 Å². The van der Waals surface area contributed by atoms with Crippen molar-refractivity contribution in [1.29, 1.82) is 0 Å². The third kappa shape index (κ3) is 8.92. The molecule has 3 aromatic heterocycles. The zero-order chi connectivity index (χ0) is 26.2. The minimum atomic E-state index is -0.377. The number of amides is 1. The monoisotopic (exact) mass is 497 g/mol. The Hall–Kier alpha value is -2.96. The molecule has 4 rings (SSSR count). The van der Waals surface area contributed by atoms with E-state index in [0.717, 1.165) is 54.5 Å². The standard InChI is InChI=1S/C15H16N4.C11H21NO2.C2H6.CH4/c1-4-12-7-11(3)17-15(18-12)13-8-16-14-6-5-10(2)9-19(13)14;1-9-6-5-7-12(8-9)10(13)14-11(2,3)4;1-2;/h5-9H,4H2,1-3H3;9H,5-8H2,1-4H3;1-2H3;1H4/t;9-;;/m.1../s1. The van der Waals surface area contributed by atoms with Crippen molar-refractivity contribution in [2.24, 2.45) is 5.92 Å². The summed E-state index contributed by atoms with van der Waals surface area (Å²) < 4.78 is 7.36. The minimum absolute atomic E-state index is 0. The zero-order valence-corrected chi connectivity index (χ0v) is 23.1. The number of hydrogen-bond donors (Lipinski definition) is 0. The maximum absolute atomic E-state index is 11.7. The summed E-state index contributed by atoms with van der Waals surface area (Å²) in [5.41, 5.74) is 4.73. The number of carbonyl (C=O) groups is 1. The van der Waals surface area contributed by atoms with Crippen molar-refractivity contribution in [1.82, 2.24) is 24.3 Å². The van der Waals surface area contributed by atoms with E-state index < -0.39 is 0 Å². The van der Waals surface area contributed by atoms with Crippen LogP contribution in [0.2, 0.25) is 0 Å². The number of carbonyl (C=O) groups excluding carboxylic acids is 1. The Labute approximate surface area is 218 Å². The van der Waals surface area contributed by atoms with Gasteiger partial charge in [-0.05, 0) is 77.5 Å². The quantitative estimate of drug-likeness (QED) is 0.372. The Kier molecular flexibility index (Phi) is 12.0. The number of likely N-dealkylation sites (tertiary alicyclic amines) is 1. The highest BCUT2D eigenvalue weighted by Crippen LogP contribution is 2.20. The van der Waals surface area contributed by atoms with Crippen LogP contribution in [0.3, 0.4) is 0 Å². The predicted octanol–water partition coefficient (Wildman–Crippen LogP) is 7.29. The fraction of sp³-hybridized carbons (Fsp3) is 0.586. The van der Waals surface area contributed by atoms with Gasteiger partial charge in [0.05, 0.1) is 6.20 Å². The van der Waals surface area contributed by atoms with Crippen molar-refractivity contribution in [2.75, 3.05) is 13.1 Å². The van der Waals surface area contributed by atoms with E-state index in [1.807, 2.05) is 69.2 Å². The van der Waals surface area contributed by atoms with Gasteiger partial charge in [0.15, 0.2) is 5.82 Å². The van der Waals surface area contributed by atoms with Gasteiger partial charge in [-0.3, -0.25) is 4.40 Å². The third-order valence-electron chi connectivity index (χ3n) is 5.46. The average molecular weight is 498 g/mol. The Bertz CT molecular complexity index is 1100. The zero-order valence-electron chi connectivity index (χ0n) is 23.1. The van der Waals surface area contributed by atoms with Crippen LogP contribution in [-0.4, -0.2) is 49.0 Å². The molecule has 7 nitrogen and oxygen atoms in total. The van der Waals surface area contributed by atoms with Crippen LogP contribution in [0.15, 0.2) is 30.6 Å². The molecule has 36 heavy (non-hydrogen) atoms. The SMILES string of the molecule is C.CC.CCc1cc(C)nc(-c2cnc3ccc(C)cn23)n1.C[C@@H]1CCCN(C(=O)OC(C)(C)C)C1. The van der Waals surface area contributed by atoms with Gasteiger partial charge in [0.25, 0.3) is 0 Å².